The fraction of sp³-hybridized carbons (Fsp3) is 0.333. The van der Waals surface area contributed by atoms with E-state index in [1.807, 2.05) is 17.0 Å². The summed E-state index contributed by atoms with van der Waals surface area (Å²) in [6.07, 6.45) is 3.86. The van der Waals surface area contributed by atoms with Crippen LogP contribution in [0.15, 0.2) is 47.1 Å². The zero-order chi connectivity index (χ0) is 18.4. The molecule has 0 unspecified atom stereocenters. The van der Waals surface area contributed by atoms with Crippen molar-refractivity contribution in [3.05, 3.63) is 59.7 Å². The van der Waals surface area contributed by atoms with Crippen LogP contribution in [0, 0.1) is 0 Å². The maximum Gasteiger partial charge on any atom is 0.290 e. The molecule has 2 aliphatic rings. The molecule has 138 valence electrons. The minimum Gasteiger partial charge on any atom is -0.459 e. The highest BCUT2D eigenvalue weighted by Crippen LogP contribution is 2.29. The standard InChI is InChI=1S/C21H21N3O3/c25-20(18-7-3-10-24(18)21(26)19-8-4-12-27-19)23-11-9-17-15(13-23)14-5-1-2-6-16(14)22-17/h1-2,4-6,8,12,18,22H,3,7,9-11,13H2/t18-/m0/s1. The normalized spacial score (nSPS) is 19.5. The zero-order valence-electron chi connectivity index (χ0n) is 15.0. The fourth-order valence-electron chi connectivity index (χ4n) is 4.37. The Morgan fingerprint density at radius 1 is 1.11 bits per heavy atom. The molecule has 3 aromatic rings. The Morgan fingerprint density at radius 2 is 2.00 bits per heavy atom. The molecule has 6 nitrogen and oxygen atoms in total. The molecule has 4 heterocycles. The van der Waals surface area contributed by atoms with E-state index in [9.17, 15) is 9.59 Å². The molecule has 1 saturated heterocycles. The molecule has 1 atom stereocenters. The highest BCUT2D eigenvalue weighted by atomic mass is 16.3. The van der Waals surface area contributed by atoms with Gasteiger partial charge in [0.25, 0.3) is 5.91 Å². The third kappa shape index (κ3) is 2.63. The lowest BCUT2D eigenvalue weighted by molar-refractivity contribution is -0.136. The van der Waals surface area contributed by atoms with Crippen molar-refractivity contribution in [3.8, 4) is 0 Å². The molecule has 1 aromatic carbocycles. The summed E-state index contributed by atoms with van der Waals surface area (Å²) < 4.78 is 5.25. The number of aromatic amines is 1. The van der Waals surface area contributed by atoms with E-state index < -0.39 is 6.04 Å². The Bertz CT molecular complexity index is 1010. The maximum atomic E-state index is 13.2. The van der Waals surface area contributed by atoms with Gasteiger partial charge in [0.1, 0.15) is 6.04 Å². The lowest BCUT2D eigenvalue weighted by Crippen LogP contribution is -2.49. The van der Waals surface area contributed by atoms with Crippen LogP contribution in [0.25, 0.3) is 10.9 Å². The van der Waals surface area contributed by atoms with Crippen LogP contribution in [-0.2, 0) is 17.8 Å². The molecular weight excluding hydrogens is 342 g/mol. The summed E-state index contributed by atoms with van der Waals surface area (Å²) in [5.41, 5.74) is 3.54. The van der Waals surface area contributed by atoms with Crippen LogP contribution in [0.3, 0.4) is 0 Å². The van der Waals surface area contributed by atoms with Crippen LogP contribution < -0.4 is 0 Å². The zero-order valence-corrected chi connectivity index (χ0v) is 15.0. The van der Waals surface area contributed by atoms with Gasteiger partial charge in [-0.2, -0.15) is 0 Å². The van der Waals surface area contributed by atoms with Crippen molar-refractivity contribution in [2.45, 2.75) is 31.8 Å². The number of para-hydroxylation sites is 1. The van der Waals surface area contributed by atoms with E-state index in [1.54, 1.807) is 17.0 Å². The summed E-state index contributed by atoms with van der Waals surface area (Å²) in [6.45, 7) is 1.87. The predicted molar refractivity (Wildman–Crippen MR) is 100 cm³/mol. The summed E-state index contributed by atoms with van der Waals surface area (Å²) in [5, 5.41) is 1.18. The van der Waals surface area contributed by atoms with Gasteiger partial charge in [-0.05, 0) is 31.0 Å². The molecule has 0 radical (unpaired) electrons. The summed E-state index contributed by atoms with van der Waals surface area (Å²) >= 11 is 0. The molecule has 0 aliphatic carbocycles. The van der Waals surface area contributed by atoms with Crippen LogP contribution in [0.5, 0.6) is 0 Å². The second kappa shape index (κ2) is 6.30. The molecule has 0 saturated carbocycles. The number of aromatic nitrogens is 1. The highest BCUT2D eigenvalue weighted by molar-refractivity contribution is 5.96. The quantitative estimate of drug-likeness (QED) is 0.761. The Labute approximate surface area is 156 Å². The minimum atomic E-state index is -0.394. The minimum absolute atomic E-state index is 0.0448. The maximum absolute atomic E-state index is 13.2. The smallest absolute Gasteiger partial charge is 0.290 e. The molecular formula is C21H21N3O3. The molecule has 2 aromatic heterocycles. The third-order valence-electron chi connectivity index (χ3n) is 5.73. The number of nitrogens with one attached hydrogen (secondary N) is 1. The summed E-state index contributed by atoms with van der Waals surface area (Å²) in [4.78, 5) is 33.0. The number of H-pyrrole nitrogens is 1. The van der Waals surface area contributed by atoms with Gasteiger partial charge >= 0.3 is 0 Å². The van der Waals surface area contributed by atoms with E-state index in [2.05, 4.69) is 17.1 Å². The van der Waals surface area contributed by atoms with Gasteiger partial charge in [0, 0.05) is 48.2 Å². The Morgan fingerprint density at radius 3 is 2.85 bits per heavy atom. The lowest BCUT2D eigenvalue weighted by Gasteiger charge is -2.32. The van der Waals surface area contributed by atoms with Gasteiger partial charge in [0.05, 0.1) is 6.26 Å². The van der Waals surface area contributed by atoms with Gasteiger partial charge in [-0.25, -0.2) is 0 Å². The number of amides is 2. The van der Waals surface area contributed by atoms with E-state index >= 15 is 0 Å². The van der Waals surface area contributed by atoms with E-state index in [-0.39, 0.29) is 11.8 Å². The van der Waals surface area contributed by atoms with Crippen LogP contribution in [0.4, 0.5) is 0 Å². The molecule has 0 bridgehead atoms. The summed E-state index contributed by atoms with van der Waals surface area (Å²) in [5.74, 6) is 0.149. The SMILES string of the molecule is O=C([C@@H]1CCCN1C(=O)c1ccco1)N1CCc2[nH]c3ccccc3c2C1. The first kappa shape index (κ1) is 16.2. The third-order valence-corrected chi connectivity index (χ3v) is 5.73. The number of likely N-dealkylation sites (tertiary alicyclic amines) is 1. The second-order valence-electron chi connectivity index (χ2n) is 7.27. The fourth-order valence-corrected chi connectivity index (χ4v) is 4.37. The van der Waals surface area contributed by atoms with Crippen molar-refractivity contribution < 1.29 is 14.0 Å². The van der Waals surface area contributed by atoms with Crippen molar-refractivity contribution in [1.82, 2.24) is 14.8 Å². The number of fused-ring (bicyclic) bond motifs is 3. The number of carbonyl (C=O) groups excluding carboxylic acids is 2. The highest BCUT2D eigenvalue weighted by Gasteiger charge is 2.38. The Kier molecular flexibility index (Phi) is 3.77. The van der Waals surface area contributed by atoms with Crippen molar-refractivity contribution in [1.29, 1.82) is 0 Å². The van der Waals surface area contributed by atoms with Crippen LogP contribution >= 0.6 is 0 Å². The topological polar surface area (TPSA) is 69.6 Å². The number of carbonyl (C=O) groups is 2. The van der Waals surface area contributed by atoms with E-state index in [0.717, 1.165) is 18.4 Å². The number of rotatable bonds is 2. The van der Waals surface area contributed by atoms with E-state index in [4.69, 9.17) is 4.42 Å². The van der Waals surface area contributed by atoms with Gasteiger partial charge in [0.15, 0.2) is 5.76 Å². The number of nitrogens with zero attached hydrogens (tertiary/aromatic N) is 2. The van der Waals surface area contributed by atoms with Gasteiger partial charge in [-0.1, -0.05) is 18.2 Å². The average molecular weight is 363 g/mol. The van der Waals surface area contributed by atoms with Crippen molar-refractivity contribution in [2.75, 3.05) is 13.1 Å². The van der Waals surface area contributed by atoms with Crippen molar-refractivity contribution in [2.24, 2.45) is 0 Å². The monoisotopic (exact) mass is 363 g/mol. The number of benzene rings is 1. The first-order valence-electron chi connectivity index (χ1n) is 9.44. The lowest BCUT2D eigenvalue weighted by atomic mass is 10.0. The molecule has 2 amide bonds. The summed E-state index contributed by atoms with van der Waals surface area (Å²) in [6, 6.07) is 11.2. The molecule has 1 N–H and O–H groups in total. The van der Waals surface area contributed by atoms with Crippen molar-refractivity contribution in [3.63, 3.8) is 0 Å². The van der Waals surface area contributed by atoms with Crippen LogP contribution in [-0.4, -0.2) is 45.7 Å². The van der Waals surface area contributed by atoms with E-state index in [1.165, 1.54) is 22.9 Å². The van der Waals surface area contributed by atoms with Crippen molar-refractivity contribution >= 4 is 22.7 Å². The molecule has 1 fully saturated rings. The Balaban J connectivity index is 1.39. The summed E-state index contributed by atoms with van der Waals surface area (Å²) in [7, 11) is 0. The first-order valence-corrected chi connectivity index (χ1v) is 9.44. The molecule has 2 aliphatic heterocycles. The van der Waals surface area contributed by atoms with Gasteiger partial charge in [0.2, 0.25) is 5.91 Å². The predicted octanol–water partition coefficient (Wildman–Crippen LogP) is 2.95. The van der Waals surface area contributed by atoms with Crippen LogP contribution in [0.1, 0.15) is 34.7 Å². The first-order chi connectivity index (χ1) is 13.2. The molecule has 0 spiro atoms. The Hall–Kier alpha value is -3.02. The number of hydrogen-bond donors (Lipinski definition) is 1. The number of furan rings is 1. The molecule has 5 rings (SSSR count). The number of hydrogen-bond acceptors (Lipinski definition) is 3. The molecule has 27 heavy (non-hydrogen) atoms. The molecule has 6 heteroatoms. The van der Waals surface area contributed by atoms with Gasteiger partial charge in [-0.15, -0.1) is 0 Å². The van der Waals surface area contributed by atoms with Gasteiger partial charge in [-0.3, -0.25) is 9.59 Å². The average Bonchev–Trinajstić information content (AvgIpc) is 3.45. The second-order valence-corrected chi connectivity index (χ2v) is 7.27. The van der Waals surface area contributed by atoms with Crippen LogP contribution in [0.2, 0.25) is 0 Å². The van der Waals surface area contributed by atoms with Gasteiger partial charge < -0.3 is 19.2 Å². The largest absolute Gasteiger partial charge is 0.459 e. The van der Waals surface area contributed by atoms with E-state index in [0.29, 0.717) is 31.8 Å².